The second-order valence-corrected chi connectivity index (χ2v) is 5.66. The number of nitrogens with zero attached hydrogens (tertiary/aromatic N) is 1. The predicted octanol–water partition coefficient (Wildman–Crippen LogP) is 4.57. The van der Waals surface area contributed by atoms with Crippen molar-refractivity contribution in [3.05, 3.63) is 51.8 Å². The van der Waals surface area contributed by atoms with Crippen LogP contribution in [-0.4, -0.2) is 4.98 Å². The number of nitrogens with two attached hydrogens (primary N) is 1. The molecule has 1 aromatic heterocycles. The summed E-state index contributed by atoms with van der Waals surface area (Å²) >= 11 is 13.5. The fraction of sp³-hybridized carbons (Fsp3) is 0.154. The van der Waals surface area contributed by atoms with Crippen molar-refractivity contribution in [1.82, 2.24) is 4.98 Å². The Kier molecular flexibility index (Phi) is 4.38. The van der Waals surface area contributed by atoms with E-state index in [4.69, 9.17) is 28.9 Å². The monoisotopic (exact) mass is 298 g/mol. The van der Waals surface area contributed by atoms with Gasteiger partial charge in [-0.1, -0.05) is 35.3 Å². The Balaban J connectivity index is 2.13. The minimum atomic E-state index is 0.411. The Hall–Kier alpha value is -0.900. The fourth-order valence-electron chi connectivity index (χ4n) is 1.48. The summed E-state index contributed by atoms with van der Waals surface area (Å²) in [7, 11) is 0. The van der Waals surface area contributed by atoms with Crippen LogP contribution in [0.15, 0.2) is 35.2 Å². The van der Waals surface area contributed by atoms with Crippen molar-refractivity contribution in [1.29, 1.82) is 0 Å². The first-order chi connectivity index (χ1) is 8.56. The first kappa shape index (κ1) is 13.5. The Bertz CT molecular complexity index is 573. The molecule has 0 spiro atoms. The van der Waals surface area contributed by atoms with E-state index in [2.05, 4.69) is 11.9 Å². The highest BCUT2D eigenvalue weighted by molar-refractivity contribution is 7.98. The third-order valence-electron chi connectivity index (χ3n) is 2.49. The van der Waals surface area contributed by atoms with Crippen molar-refractivity contribution >= 4 is 40.7 Å². The van der Waals surface area contributed by atoms with Crippen LogP contribution in [0, 0.1) is 6.92 Å². The van der Waals surface area contributed by atoms with Gasteiger partial charge in [0, 0.05) is 16.3 Å². The lowest BCUT2D eigenvalue weighted by Gasteiger charge is -2.07. The Morgan fingerprint density at radius 3 is 2.72 bits per heavy atom. The van der Waals surface area contributed by atoms with Gasteiger partial charge in [0.15, 0.2) is 0 Å². The fourth-order valence-corrected chi connectivity index (χ4v) is 3.03. The van der Waals surface area contributed by atoms with Crippen molar-refractivity contribution in [3.63, 3.8) is 0 Å². The van der Waals surface area contributed by atoms with Gasteiger partial charge in [-0.05, 0) is 36.2 Å². The summed E-state index contributed by atoms with van der Waals surface area (Å²) in [5.74, 6) is 0.743. The molecule has 0 saturated heterocycles. The van der Waals surface area contributed by atoms with E-state index in [1.807, 2.05) is 24.3 Å². The number of hydrogen-bond donors (Lipinski definition) is 1. The van der Waals surface area contributed by atoms with Crippen LogP contribution < -0.4 is 5.73 Å². The van der Waals surface area contributed by atoms with Crippen LogP contribution >= 0.6 is 35.0 Å². The Morgan fingerprint density at radius 2 is 2.00 bits per heavy atom. The van der Waals surface area contributed by atoms with Crippen molar-refractivity contribution in [2.75, 3.05) is 5.73 Å². The van der Waals surface area contributed by atoms with Gasteiger partial charge in [0.25, 0.3) is 0 Å². The van der Waals surface area contributed by atoms with Gasteiger partial charge in [-0.25, -0.2) is 4.98 Å². The number of aromatic nitrogens is 1. The molecule has 2 N–H and O–H groups in total. The van der Waals surface area contributed by atoms with Crippen LogP contribution in [0.5, 0.6) is 0 Å². The highest BCUT2D eigenvalue weighted by atomic mass is 35.5. The third-order valence-corrected chi connectivity index (χ3v) is 4.23. The number of benzene rings is 1. The van der Waals surface area contributed by atoms with Crippen molar-refractivity contribution in [3.8, 4) is 0 Å². The van der Waals surface area contributed by atoms with Gasteiger partial charge in [0.1, 0.15) is 10.3 Å². The van der Waals surface area contributed by atoms with E-state index in [0.717, 1.165) is 21.9 Å². The van der Waals surface area contributed by atoms with Crippen LogP contribution in [0.3, 0.4) is 0 Å². The van der Waals surface area contributed by atoms with Gasteiger partial charge in [0.05, 0.1) is 0 Å². The largest absolute Gasteiger partial charge is 0.399 e. The molecule has 0 bridgehead atoms. The standard InChI is InChI=1S/C13H12Cl2N2S/c1-8-2-4-10(16)6-11(8)18-7-9-3-5-12(14)17-13(9)15/h2-6H,7,16H2,1H3. The average molecular weight is 299 g/mol. The molecule has 1 aromatic carbocycles. The molecule has 1 heterocycles. The first-order valence-corrected chi connectivity index (χ1v) is 7.10. The molecule has 2 aromatic rings. The van der Waals surface area contributed by atoms with Crippen LogP contribution in [0.2, 0.25) is 10.3 Å². The molecule has 18 heavy (non-hydrogen) atoms. The molecule has 0 radical (unpaired) electrons. The highest BCUT2D eigenvalue weighted by Crippen LogP contribution is 2.30. The van der Waals surface area contributed by atoms with Crippen molar-refractivity contribution in [2.45, 2.75) is 17.6 Å². The SMILES string of the molecule is Cc1ccc(N)cc1SCc1ccc(Cl)nc1Cl. The topological polar surface area (TPSA) is 38.9 Å². The normalized spacial score (nSPS) is 10.6. The van der Waals surface area contributed by atoms with Crippen LogP contribution in [0.4, 0.5) is 5.69 Å². The molecule has 0 fully saturated rings. The molecule has 2 nitrogen and oxygen atoms in total. The molecule has 0 unspecified atom stereocenters. The number of aryl methyl sites for hydroxylation is 1. The minimum Gasteiger partial charge on any atom is -0.399 e. The zero-order chi connectivity index (χ0) is 13.1. The van der Waals surface area contributed by atoms with Gasteiger partial charge in [-0.2, -0.15) is 0 Å². The number of hydrogen-bond acceptors (Lipinski definition) is 3. The third kappa shape index (κ3) is 3.31. The highest BCUT2D eigenvalue weighted by Gasteiger charge is 2.05. The first-order valence-electron chi connectivity index (χ1n) is 5.36. The van der Waals surface area contributed by atoms with E-state index in [9.17, 15) is 0 Å². The summed E-state index contributed by atoms with van der Waals surface area (Å²) in [6.07, 6.45) is 0. The minimum absolute atomic E-state index is 0.411. The van der Waals surface area contributed by atoms with E-state index in [1.165, 1.54) is 5.56 Å². The van der Waals surface area contributed by atoms with Crippen molar-refractivity contribution < 1.29 is 0 Å². The molecule has 5 heteroatoms. The van der Waals surface area contributed by atoms with Crippen LogP contribution in [0.25, 0.3) is 0 Å². The Morgan fingerprint density at radius 1 is 1.22 bits per heavy atom. The summed E-state index contributed by atoms with van der Waals surface area (Å²) in [6, 6.07) is 9.52. The maximum absolute atomic E-state index is 6.03. The number of anilines is 1. The quantitative estimate of drug-likeness (QED) is 0.512. The lowest BCUT2D eigenvalue weighted by Crippen LogP contribution is -1.90. The van der Waals surface area contributed by atoms with Gasteiger partial charge in [0.2, 0.25) is 0 Å². The van der Waals surface area contributed by atoms with E-state index in [1.54, 1.807) is 17.8 Å². The smallest absolute Gasteiger partial charge is 0.134 e. The second-order valence-electron chi connectivity index (χ2n) is 3.90. The summed E-state index contributed by atoms with van der Waals surface area (Å²) < 4.78 is 0. The van der Waals surface area contributed by atoms with Crippen LogP contribution in [0.1, 0.15) is 11.1 Å². The molecule has 0 aliphatic carbocycles. The molecule has 94 valence electrons. The number of pyridine rings is 1. The maximum Gasteiger partial charge on any atom is 0.134 e. The zero-order valence-electron chi connectivity index (χ0n) is 9.78. The van der Waals surface area contributed by atoms with E-state index < -0.39 is 0 Å². The summed E-state index contributed by atoms with van der Waals surface area (Å²) in [6.45, 7) is 2.06. The van der Waals surface area contributed by atoms with Gasteiger partial charge < -0.3 is 5.73 Å². The Labute approximate surface area is 121 Å². The molecule has 2 rings (SSSR count). The molecular weight excluding hydrogens is 287 g/mol. The molecule has 0 saturated carbocycles. The molecule has 0 atom stereocenters. The van der Waals surface area contributed by atoms with E-state index in [-0.39, 0.29) is 0 Å². The van der Waals surface area contributed by atoms with Gasteiger partial charge in [-0.15, -0.1) is 11.8 Å². The maximum atomic E-state index is 6.03. The summed E-state index contributed by atoms with van der Waals surface area (Å²) in [5, 5.41) is 0.866. The van der Waals surface area contributed by atoms with Gasteiger partial charge >= 0.3 is 0 Å². The van der Waals surface area contributed by atoms with Gasteiger partial charge in [-0.3, -0.25) is 0 Å². The zero-order valence-corrected chi connectivity index (χ0v) is 12.1. The number of rotatable bonds is 3. The lowest BCUT2D eigenvalue weighted by molar-refractivity contribution is 1.24. The average Bonchev–Trinajstić information content (AvgIpc) is 2.32. The predicted molar refractivity (Wildman–Crippen MR) is 79.4 cm³/mol. The van der Waals surface area contributed by atoms with Crippen molar-refractivity contribution in [2.24, 2.45) is 0 Å². The summed E-state index contributed by atoms with van der Waals surface area (Å²) in [5.41, 5.74) is 8.71. The molecule has 0 aliphatic heterocycles. The van der Waals surface area contributed by atoms with E-state index in [0.29, 0.717) is 10.3 Å². The lowest BCUT2D eigenvalue weighted by atomic mass is 10.2. The number of thioether (sulfide) groups is 1. The summed E-state index contributed by atoms with van der Waals surface area (Å²) in [4.78, 5) is 5.17. The number of halogens is 2. The molecule has 0 amide bonds. The molecule has 0 aliphatic rings. The van der Waals surface area contributed by atoms with E-state index >= 15 is 0 Å². The molecular formula is C13H12Cl2N2S. The number of nitrogen functional groups attached to an aromatic ring is 1. The second kappa shape index (κ2) is 5.83. The van der Waals surface area contributed by atoms with Crippen LogP contribution in [-0.2, 0) is 5.75 Å².